The van der Waals surface area contributed by atoms with E-state index in [9.17, 15) is 4.79 Å². The minimum atomic E-state index is -0.369. The molecule has 0 heterocycles. The molecule has 144 valence electrons. The van der Waals surface area contributed by atoms with Crippen molar-refractivity contribution in [3.05, 3.63) is 95.1 Å². The van der Waals surface area contributed by atoms with E-state index in [4.69, 9.17) is 4.74 Å². The van der Waals surface area contributed by atoms with Crippen LogP contribution in [-0.4, -0.2) is 13.0 Å². The first-order valence-electron chi connectivity index (χ1n) is 9.60. The average molecular weight is 373 g/mol. The first kappa shape index (κ1) is 19.7. The monoisotopic (exact) mass is 373 g/mol. The van der Waals surface area contributed by atoms with Gasteiger partial charge in [-0.3, -0.25) is 4.79 Å². The summed E-state index contributed by atoms with van der Waals surface area (Å²) in [6, 6.07) is 23.8. The van der Waals surface area contributed by atoms with Crippen molar-refractivity contribution in [1.29, 1.82) is 0 Å². The second-order valence-electron chi connectivity index (χ2n) is 7.31. The van der Waals surface area contributed by atoms with E-state index >= 15 is 0 Å². The minimum Gasteiger partial charge on any atom is -0.496 e. The zero-order valence-corrected chi connectivity index (χ0v) is 16.9. The smallest absolute Gasteiger partial charge is 0.236 e. The minimum absolute atomic E-state index is 0.0413. The van der Waals surface area contributed by atoms with Crippen molar-refractivity contribution < 1.29 is 9.53 Å². The highest BCUT2D eigenvalue weighted by atomic mass is 16.5. The molecule has 0 aliphatic carbocycles. The maximum atomic E-state index is 13.4. The fourth-order valence-electron chi connectivity index (χ4n) is 3.45. The maximum absolute atomic E-state index is 13.4. The molecule has 0 saturated heterocycles. The number of benzene rings is 3. The Labute approximate surface area is 167 Å². The Bertz CT molecular complexity index is 894. The zero-order valence-electron chi connectivity index (χ0n) is 16.9. The van der Waals surface area contributed by atoms with Gasteiger partial charge in [-0.05, 0) is 47.2 Å². The van der Waals surface area contributed by atoms with Crippen molar-refractivity contribution in [2.75, 3.05) is 12.4 Å². The third kappa shape index (κ3) is 4.25. The normalized spacial score (nSPS) is 10.9. The summed E-state index contributed by atoms with van der Waals surface area (Å²) in [5.74, 6) is 0.741. The topological polar surface area (TPSA) is 38.3 Å². The average Bonchev–Trinajstić information content (AvgIpc) is 2.71. The predicted molar refractivity (Wildman–Crippen MR) is 115 cm³/mol. The Morgan fingerprint density at radius 1 is 0.893 bits per heavy atom. The van der Waals surface area contributed by atoms with E-state index in [0.29, 0.717) is 5.92 Å². The molecule has 0 saturated carbocycles. The van der Waals surface area contributed by atoms with Gasteiger partial charge < -0.3 is 10.1 Å². The van der Waals surface area contributed by atoms with Crippen molar-refractivity contribution >= 4 is 11.6 Å². The molecule has 3 rings (SSSR count). The van der Waals surface area contributed by atoms with E-state index in [1.54, 1.807) is 7.11 Å². The number of carbonyl (C=O) groups excluding carboxylic acids is 1. The summed E-state index contributed by atoms with van der Waals surface area (Å²) in [4.78, 5) is 13.4. The van der Waals surface area contributed by atoms with Gasteiger partial charge in [0, 0.05) is 5.69 Å². The zero-order chi connectivity index (χ0) is 20.1. The van der Waals surface area contributed by atoms with Crippen molar-refractivity contribution in [2.45, 2.75) is 32.6 Å². The number of methoxy groups -OCH3 is 1. The Morgan fingerprint density at radius 3 is 1.89 bits per heavy atom. The molecule has 0 aliphatic heterocycles. The summed E-state index contributed by atoms with van der Waals surface area (Å²) in [5.41, 5.74) is 4.84. The predicted octanol–water partition coefficient (Wildman–Crippen LogP) is 5.90. The number of ether oxygens (including phenoxy) is 1. The SMILES string of the molecule is COc1cc(C)c(NC(=O)C(c2ccccc2)c2ccccc2)cc1C(C)C. The van der Waals surface area contributed by atoms with Gasteiger partial charge in [-0.2, -0.15) is 0 Å². The molecule has 0 aliphatic rings. The van der Waals surface area contributed by atoms with Gasteiger partial charge in [0.1, 0.15) is 5.75 Å². The number of carbonyl (C=O) groups is 1. The van der Waals surface area contributed by atoms with Crippen LogP contribution in [-0.2, 0) is 4.79 Å². The standard InChI is InChI=1S/C25H27NO2/c1-17(2)21-16-22(18(3)15-23(21)28-4)26-25(27)24(19-11-7-5-8-12-19)20-13-9-6-10-14-20/h5-17,24H,1-4H3,(H,26,27). The van der Waals surface area contributed by atoms with E-state index in [0.717, 1.165) is 33.7 Å². The summed E-state index contributed by atoms with van der Waals surface area (Å²) in [5, 5.41) is 3.16. The Balaban J connectivity index is 1.98. The number of hydrogen-bond donors (Lipinski definition) is 1. The number of rotatable bonds is 6. The lowest BCUT2D eigenvalue weighted by atomic mass is 9.90. The van der Waals surface area contributed by atoms with Crippen molar-refractivity contribution in [3.8, 4) is 5.75 Å². The van der Waals surface area contributed by atoms with E-state index in [2.05, 4.69) is 19.2 Å². The second-order valence-corrected chi connectivity index (χ2v) is 7.31. The van der Waals surface area contributed by atoms with Crippen LogP contribution in [0, 0.1) is 6.92 Å². The van der Waals surface area contributed by atoms with Crippen LogP contribution in [0.1, 0.15) is 47.9 Å². The molecule has 0 atom stereocenters. The lowest BCUT2D eigenvalue weighted by Gasteiger charge is -2.21. The maximum Gasteiger partial charge on any atom is 0.236 e. The highest BCUT2D eigenvalue weighted by molar-refractivity contribution is 5.98. The quantitative estimate of drug-likeness (QED) is 0.584. The third-order valence-corrected chi connectivity index (χ3v) is 4.98. The molecule has 0 aromatic heterocycles. The van der Waals surface area contributed by atoms with Crippen LogP contribution < -0.4 is 10.1 Å². The van der Waals surface area contributed by atoms with E-state index in [-0.39, 0.29) is 11.8 Å². The van der Waals surface area contributed by atoms with Gasteiger partial charge in [0.25, 0.3) is 0 Å². The van der Waals surface area contributed by atoms with Crippen molar-refractivity contribution in [2.24, 2.45) is 0 Å². The van der Waals surface area contributed by atoms with Crippen molar-refractivity contribution in [3.63, 3.8) is 0 Å². The fraction of sp³-hybridized carbons (Fsp3) is 0.240. The van der Waals surface area contributed by atoms with Crippen LogP contribution in [0.15, 0.2) is 72.8 Å². The van der Waals surface area contributed by atoms with Gasteiger partial charge in [-0.1, -0.05) is 74.5 Å². The fourth-order valence-corrected chi connectivity index (χ4v) is 3.45. The van der Waals surface area contributed by atoms with Crippen LogP contribution in [0.4, 0.5) is 5.69 Å². The van der Waals surface area contributed by atoms with Crippen LogP contribution >= 0.6 is 0 Å². The molecule has 0 unspecified atom stereocenters. The lowest BCUT2D eigenvalue weighted by molar-refractivity contribution is -0.116. The number of anilines is 1. The summed E-state index contributed by atoms with van der Waals surface area (Å²) < 4.78 is 5.52. The molecule has 3 aromatic rings. The van der Waals surface area contributed by atoms with Crippen molar-refractivity contribution in [1.82, 2.24) is 0 Å². The Hall–Kier alpha value is -3.07. The van der Waals surface area contributed by atoms with E-state index in [1.807, 2.05) is 79.7 Å². The van der Waals surface area contributed by atoms with Gasteiger partial charge in [0.15, 0.2) is 0 Å². The largest absolute Gasteiger partial charge is 0.496 e. The molecule has 3 aromatic carbocycles. The molecule has 1 amide bonds. The summed E-state index contributed by atoms with van der Waals surface area (Å²) >= 11 is 0. The van der Waals surface area contributed by atoms with E-state index in [1.165, 1.54) is 0 Å². The van der Waals surface area contributed by atoms with Crippen LogP contribution in [0.5, 0.6) is 5.75 Å². The highest BCUT2D eigenvalue weighted by Gasteiger charge is 2.23. The van der Waals surface area contributed by atoms with Gasteiger partial charge in [0.05, 0.1) is 13.0 Å². The van der Waals surface area contributed by atoms with Gasteiger partial charge in [-0.25, -0.2) is 0 Å². The Morgan fingerprint density at radius 2 is 1.43 bits per heavy atom. The molecule has 28 heavy (non-hydrogen) atoms. The number of amides is 1. The van der Waals surface area contributed by atoms with Crippen LogP contribution in [0.2, 0.25) is 0 Å². The summed E-state index contributed by atoms with van der Waals surface area (Å²) in [6.07, 6.45) is 0. The number of hydrogen-bond acceptors (Lipinski definition) is 2. The molecule has 0 bridgehead atoms. The second kappa shape index (κ2) is 8.75. The lowest BCUT2D eigenvalue weighted by Crippen LogP contribution is -2.22. The number of nitrogens with one attached hydrogen (secondary N) is 1. The summed E-state index contributed by atoms with van der Waals surface area (Å²) in [7, 11) is 1.68. The molecule has 0 spiro atoms. The van der Waals surface area contributed by atoms with Gasteiger partial charge in [-0.15, -0.1) is 0 Å². The van der Waals surface area contributed by atoms with Crippen LogP contribution in [0.25, 0.3) is 0 Å². The molecule has 0 radical (unpaired) electrons. The summed E-state index contributed by atoms with van der Waals surface area (Å²) in [6.45, 7) is 6.23. The van der Waals surface area contributed by atoms with Gasteiger partial charge >= 0.3 is 0 Å². The molecule has 0 fully saturated rings. The van der Waals surface area contributed by atoms with Gasteiger partial charge in [0.2, 0.25) is 5.91 Å². The first-order valence-corrected chi connectivity index (χ1v) is 9.60. The van der Waals surface area contributed by atoms with Crippen LogP contribution in [0.3, 0.4) is 0 Å². The molecule has 3 nitrogen and oxygen atoms in total. The number of aryl methyl sites for hydroxylation is 1. The highest BCUT2D eigenvalue weighted by Crippen LogP contribution is 2.33. The molecular formula is C25H27NO2. The molecule has 1 N–H and O–H groups in total. The molecular weight excluding hydrogens is 346 g/mol. The third-order valence-electron chi connectivity index (χ3n) is 4.98. The Kier molecular flexibility index (Phi) is 6.15. The molecule has 3 heteroatoms. The van der Waals surface area contributed by atoms with E-state index < -0.39 is 0 Å². The first-order chi connectivity index (χ1) is 13.5.